The number of aromatic nitrogens is 2. The van der Waals surface area contributed by atoms with E-state index in [1.54, 1.807) is 0 Å². The minimum absolute atomic E-state index is 0.0314. The molecule has 1 amide bonds. The van der Waals surface area contributed by atoms with Crippen molar-refractivity contribution >= 4 is 15.7 Å². The summed E-state index contributed by atoms with van der Waals surface area (Å²) >= 11 is 0. The lowest BCUT2D eigenvalue weighted by molar-refractivity contribution is 0.0769. The maximum absolute atomic E-state index is 12.1. The molecule has 104 valence electrons. The van der Waals surface area contributed by atoms with Crippen LogP contribution in [0.25, 0.3) is 0 Å². The van der Waals surface area contributed by atoms with Gasteiger partial charge in [-0.05, 0) is 0 Å². The summed E-state index contributed by atoms with van der Waals surface area (Å²) in [6.45, 7) is 4.44. The highest BCUT2D eigenvalue weighted by Gasteiger charge is 2.26. The van der Waals surface area contributed by atoms with E-state index in [2.05, 4.69) is 9.97 Å². The highest BCUT2D eigenvalue weighted by atomic mass is 32.2. The molecule has 0 N–H and O–H groups in total. The van der Waals surface area contributed by atoms with Gasteiger partial charge in [-0.25, -0.2) is 18.4 Å². The standard InChI is InChI=1S/C12H17N3O3S/c1-9(2)11-13-7-10(8-14-11)12(16)15-3-5-19(17,18)6-4-15/h7-9H,3-6H2,1-2H3. The number of carbonyl (C=O) groups is 1. The van der Waals surface area contributed by atoms with E-state index in [4.69, 9.17) is 0 Å². The van der Waals surface area contributed by atoms with Gasteiger partial charge in [-0.2, -0.15) is 0 Å². The Morgan fingerprint density at radius 1 is 1.21 bits per heavy atom. The van der Waals surface area contributed by atoms with E-state index in [9.17, 15) is 13.2 Å². The van der Waals surface area contributed by atoms with Crippen LogP contribution in [0.15, 0.2) is 12.4 Å². The highest BCUT2D eigenvalue weighted by molar-refractivity contribution is 7.91. The molecule has 6 nitrogen and oxygen atoms in total. The average molecular weight is 283 g/mol. The Bertz CT molecular complexity index is 552. The third-order valence-electron chi connectivity index (χ3n) is 3.07. The molecule has 0 atom stereocenters. The van der Waals surface area contributed by atoms with Crippen LogP contribution in [0.4, 0.5) is 0 Å². The Balaban J connectivity index is 2.08. The Kier molecular flexibility index (Phi) is 3.84. The molecule has 2 rings (SSSR count). The van der Waals surface area contributed by atoms with E-state index in [0.29, 0.717) is 11.4 Å². The van der Waals surface area contributed by atoms with Gasteiger partial charge in [-0.1, -0.05) is 13.8 Å². The molecule has 0 saturated carbocycles. The second-order valence-electron chi connectivity index (χ2n) is 4.93. The predicted molar refractivity (Wildman–Crippen MR) is 70.7 cm³/mol. The van der Waals surface area contributed by atoms with E-state index in [1.165, 1.54) is 17.3 Å². The van der Waals surface area contributed by atoms with Crippen LogP contribution in [0.3, 0.4) is 0 Å². The second-order valence-corrected chi connectivity index (χ2v) is 7.23. The molecule has 2 heterocycles. The molecular weight excluding hydrogens is 266 g/mol. The summed E-state index contributed by atoms with van der Waals surface area (Å²) in [6.07, 6.45) is 3.02. The zero-order valence-corrected chi connectivity index (χ0v) is 11.9. The molecule has 1 fully saturated rings. The fraction of sp³-hybridized carbons (Fsp3) is 0.583. The van der Waals surface area contributed by atoms with Crippen molar-refractivity contribution in [1.29, 1.82) is 0 Å². The van der Waals surface area contributed by atoms with Crippen LogP contribution in [-0.2, 0) is 9.84 Å². The molecule has 1 aromatic rings. The number of rotatable bonds is 2. The third kappa shape index (κ3) is 3.28. The van der Waals surface area contributed by atoms with Gasteiger partial charge in [0.1, 0.15) is 5.82 Å². The lowest BCUT2D eigenvalue weighted by Crippen LogP contribution is -2.43. The van der Waals surface area contributed by atoms with Crippen molar-refractivity contribution in [2.45, 2.75) is 19.8 Å². The van der Waals surface area contributed by atoms with Crippen LogP contribution in [0, 0.1) is 0 Å². The molecule has 0 aliphatic carbocycles. The first-order valence-corrected chi connectivity index (χ1v) is 8.03. The van der Waals surface area contributed by atoms with E-state index < -0.39 is 9.84 Å². The normalized spacial score (nSPS) is 18.6. The summed E-state index contributed by atoms with van der Waals surface area (Å²) in [7, 11) is -2.97. The number of sulfone groups is 1. The number of hydrogen-bond donors (Lipinski definition) is 0. The molecule has 0 aromatic carbocycles. The molecule has 0 unspecified atom stereocenters. The van der Waals surface area contributed by atoms with Crippen molar-refractivity contribution in [2.75, 3.05) is 24.6 Å². The molecule has 1 saturated heterocycles. The van der Waals surface area contributed by atoms with Gasteiger partial charge in [0, 0.05) is 31.4 Å². The van der Waals surface area contributed by atoms with E-state index >= 15 is 0 Å². The Morgan fingerprint density at radius 2 is 1.74 bits per heavy atom. The maximum atomic E-state index is 12.1. The molecular formula is C12H17N3O3S. The number of nitrogens with zero attached hydrogens (tertiary/aromatic N) is 3. The van der Waals surface area contributed by atoms with Crippen LogP contribution < -0.4 is 0 Å². The number of carbonyl (C=O) groups excluding carboxylic acids is 1. The number of amides is 1. The fourth-order valence-corrected chi connectivity index (χ4v) is 3.05. The average Bonchev–Trinajstić information content (AvgIpc) is 2.38. The molecule has 7 heteroatoms. The summed E-state index contributed by atoms with van der Waals surface area (Å²) in [6, 6.07) is 0. The van der Waals surface area contributed by atoms with Crippen LogP contribution in [0.2, 0.25) is 0 Å². The Morgan fingerprint density at radius 3 is 2.21 bits per heavy atom. The van der Waals surface area contributed by atoms with Crippen molar-refractivity contribution in [3.8, 4) is 0 Å². The molecule has 0 bridgehead atoms. The minimum atomic E-state index is -2.97. The van der Waals surface area contributed by atoms with Crippen molar-refractivity contribution in [1.82, 2.24) is 14.9 Å². The Labute approximate surface area is 112 Å². The van der Waals surface area contributed by atoms with Crippen molar-refractivity contribution in [3.05, 3.63) is 23.8 Å². The molecule has 0 radical (unpaired) electrons. The fourth-order valence-electron chi connectivity index (χ4n) is 1.84. The van der Waals surface area contributed by atoms with Gasteiger partial charge in [0.05, 0.1) is 17.1 Å². The van der Waals surface area contributed by atoms with Gasteiger partial charge < -0.3 is 4.90 Å². The van der Waals surface area contributed by atoms with Gasteiger partial charge in [-0.15, -0.1) is 0 Å². The smallest absolute Gasteiger partial charge is 0.257 e. The van der Waals surface area contributed by atoms with Crippen LogP contribution >= 0.6 is 0 Å². The minimum Gasteiger partial charge on any atom is -0.337 e. The largest absolute Gasteiger partial charge is 0.337 e. The summed E-state index contributed by atoms with van der Waals surface area (Å²) in [4.78, 5) is 22.0. The first-order valence-electron chi connectivity index (χ1n) is 6.21. The lowest BCUT2D eigenvalue weighted by atomic mass is 10.2. The summed E-state index contributed by atoms with van der Waals surface area (Å²) in [5.74, 6) is 0.764. The predicted octanol–water partition coefficient (Wildman–Crippen LogP) is 0.471. The molecule has 1 aliphatic rings. The molecule has 0 spiro atoms. The maximum Gasteiger partial charge on any atom is 0.257 e. The van der Waals surface area contributed by atoms with Gasteiger partial charge in [0.15, 0.2) is 9.84 Å². The monoisotopic (exact) mass is 283 g/mol. The molecule has 1 aromatic heterocycles. The van der Waals surface area contributed by atoms with Crippen LogP contribution in [-0.4, -0.2) is 53.8 Å². The van der Waals surface area contributed by atoms with E-state index in [-0.39, 0.29) is 36.4 Å². The van der Waals surface area contributed by atoms with E-state index in [0.717, 1.165) is 0 Å². The van der Waals surface area contributed by atoms with Gasteiger partial charge in [0.25, 0.3) is 5.91 Å². The van der Waals surface area contributed by atoms with Crippen LogP contribution in [0.1, 0.15) is 35.9 Å². The number of hydrogen-bond acceptors (Lipinski definition) is 5. The lowest BCUT2D eigenvalue weighted by Gasteiger charge is -2.26. The van der Waals surface area contributed by atoms with Crippen molar-refractivity contribution < 1.29 is 13.2 Å². The van der Waals surface area contributed by atoms with Crippen LogP contribution in [0.5, 0.6) is 0 Å². The zero-order valence-electron chi connectivity index (χ0n) is 11.0. The zero-order chi connectivity index (χ0) is 14.0. The molecule has 1 aliphatic heterocycles. The summed E-state index contributed by atoms with van der Waals surface area (Å²) < 4.78 is 22.6. The SMILES string of the molecule is CC(C)c1ncc(C(=O)N2CCS(=O)(=O)CC2)cn1. The highest BCUT2D eigenvalue weighted by Crippen LogP contribution is 2.11. The van der Waals surface area contributed by atoms with Gasteiger partial charge in [-0.3, -0.25) is 4.79 Å². The van der Waals surface area contributed by atoms with Crippen molar-refractivity contribution in [3.63, 3.8) is 0 Å². The molecule has 19 heavy (non-hydrogen) atoms. The summed E-state index contributed by atoms with van der Waals surface area (Å²) in [5.41, 5.74) is 0.406. The Hall–Kier alpha value is -1.50. The third-order valence-corrected chi connectivity index (χ3v) is 4.68. The summed E-state index contributed by atoms with van der Waals surface area (Å²) in [5, 5.41) is 0. The van der Waals surface area contributed by atoms with Crippen molar-refractivity contribution in [2.24, 2.45) is 0 Å². The topological polar surface area (TPSA) is 80.2 Å². The van der Waals surface area contributed by atoms with Gasteiger partial charge >= 0.3 is 0 Å². The quantitative estimate of drug-likeness (QED) is 0.788. The van der Waals surface area contributed by atoms with E-state index in [1.807, 2.05) is 13.8 Å². The second kappa shape index (κ2) is 5.24. The van der Waals surface area contributed by atoms with Gasteiger partial charge in [0.2, 0.25) is 0 Å². The first kappa shape index (κ1) is 13.9. The first-order chi connectivity index (χ1) is 8.89.